The number of pyridine rings is 1. The van der Waals surface area contributed by atoms with Crippen molar-refractivity contribution in [2.45, 2.75) is 26.3 Å². The monoisotopic (exact) mass is 371 g/mol. The van der Waals surface area contributed by atoms with Crippen LogP contribution in [0.25, 0.3) is 16.1 Å². The molecule has 0 radical (unpaired) electrons. The van der Waals surface area contributed by atoms with E-state index >= 15 is 0 Å². The quantitative estimate of drug-likeness (QED) is 0.735. The molecule has 0 spiro atoms. The Balaban J connectivity index is 1.98. The number of aromatic nitrogens is 3. The highest BCUT2D eigenvalue weighted by Gasteiger charge is 2.25. The van der Waals surface area contributed by atoms with Gasteiger partial charge in [0.25, 0.3) is 0 Å². The first kappa shape index (κ1) is 17.1. The number of nitrogens with one attached hydrogen (secondary N) is 1. The molecule has 1 aliphatic rings. The van der Waals surface area contributed by atoms with Gasteiger partial charge < -0.3 is 15.4 Å². The predicted molar refractivity (Wildman–Crippen MR) is 103 cm³/mol. The topological polar surface area (TPSA) is 97.1 Å². The molecule has 1 saturated heterocycles. The second-order valence-electron chi connectivity index (χ2n) is 6.51. The Morgan fingerprint density at radius 1 is 1.50 bits per heavy atom. The number of nitrogens with two attached hydrogens (primary N) is 1. The largest absolute Gasteiger partial charge is 0.377 e. The van der Waals surface area contributed by atoms with Crippen molar-refractivity contribution in [3.8, 4) is 5.44 Å². The molecule has 3 N–H and O–H groups in total. The van der Waals surface area contributed by atoms with Gasteiger partial charge in [-0.05, 0) is 44.4 Å². The number of aromatic amines is 1. The highest BCUT2D eigenvalue weighted by molar-refractivity contribution is 7.62. The predicted octanol–water partition coefficient (Wildman–Crippen LogP) is 2.82. The maximum absolute atomic E-state index is 12.2. The lowest BCUT2D eigenvalue weighted by Crippen LogP contribution is -2.44. The standard InChI is InChI=1S/C18H22N5O2P/c1-3-12-8-14-13(17(19)24)9-15(23-6-7-25-10-11(23)2)21-18(14)26(12)16-4-5-20-22-16/h4-5,8-9,11H,3,6-7,10H2,1-2H3,(H2,19,24)(H,20,22)/t11-,26?/m1/s1. The fourth-order valence-corrected chi connectivity index (χ4v) is 5.91. The van der Waals surface area contributed by atoms with Crippen LogP contribution in [0.15, 0.2) is 24.4 Å². The summed E-state index contributed by atoms with van der Waals surface area (Å²) in [7, 11) is -0.809. The Labute approximate surface area is 152 Å². The summed E-state index contributed by atoms with van der Waals surface area (Å²) in [6, 6.07) is 6.11. The van der Waals surface area contributed by atoms with Crippen LogP contribution in [-0.2, 0) is 11.2 Å². The first-order chi connectivity index (χ1) is 12.6. The second kappa shape index (κ2) is 6.74. The molecule has 0 saturated carbocycles. The lowest BCUT2D eigenvalue weighted by Gasteiger charge is -2.34. The molecule has 2 atom stereocenters. The Bertz CT molecular complexity index is 950. The van der Waals surface area contributed by atoms with Crippen LogP contribution < -0.4 is 10.6 Å². The van der Waals surface area contributed by atoms with E-state index in [1.54, 1.807) is 6.20 Å². The first-order valence-electron chi connectivity index (χ1n) is 8.79. The number of hydrogen-bond acceptors (Lipinski definition) is 5. The van der Waals surface area contributed by atoms with Crippen LogP contribution in [0.5, 0.6) is 0 Å². The summed E-state index contributed by atoms with van der Waals surface area (Å²) in [6.07, 6.45) is 2.65. The zero-order chi connectivity index (χ0) is 18.3. The Morgan fingerprint density at radius 3 is 3.00 bits per heavy atom. The molecule has 1 amide bonds. The first-order valence-corrected chi connectivity index (χ1v) is 10.1. The third-order valence-corrected chi connectivity index (χ3v) is 7.37. The molecule has 8 heteroatoms. The number of hydrogen-bond donors (Lipinski definition) is 2. The molecule has 7 nitrogen and oxygen atoms in total. The van der Waals surface area contributed by atoms with Crippen LogP contribution in [0.4, 0.5) is 5.82 Å². The molecule has 0 aliphatic carbocycles. The van der Waals surface area contributed by atoms with Gasteiger partial charge in [-0.3, -0.25) is 9.89 Å². The van der Waals surface area contributed by atoms with Gasteiger partial charge in [0.2, 0.25) is 5.91 Å². The van der Waals surface area contributed by atoms with Gasteiger partial charge in [0.1, 0.15) is 5.82 Å². The number of fused-ring (bicyclic) bond motifs is 1. The minimum atomic E-state index is -0.809. The van der Waals surface area contributed by atoms with Crippen LogP contribution in [0.1, 0.15) is 29.5 Å². The number of amides is 1. The van der Waals surface area contributed by atoms with E-state index in [1.165, 1.54) is 5.30 Å². The molecule has 26 heavy (non-hydrogen) atoms. The van der Waals surface area contributed by atoms with Gasteiger partial charge in [-0.25, -0.2) is 4.98 Å². The summed E-state index contributed by atoms with van der Waals surface area (Å²) in [4.78, 5) is 19.4. The summed E-state index contributed by atoms with van der Waals surface area (Å²) < 4.78 is 5.54. The molecule has 136 valence electrons. The van der Waals surface area contributed by atoms with Crippen molar-refractivity contribution in [3.63, 3.8) is 0 Å². The van der Waals surface area contributed by atoms with Crippen LogP contribution >= 0.6 is 7.53 Å². The highest BCUT2D eigenvalue weighted by Crippen LogP contribution is 2.51. The summed E-state index contributed by atoms with van der Waals surface area (Å²) >= 11 is 0. The zero-order valence-corrected chi connectivity index (χ0v) is 15.8. The fraction of sp³-hybridized carbons (Fsp3) is 0.389. The highest BCUT2D eigenvalue weighted by atomic mass is 31.1. The minimum absolute atomic E-state index is 0.202. The van der Waals surface area contributed by atoms with Crippen molar-refractivity contribution in [3.05, 3.63) is 35.3 Å². The average Bonchev–Trinajstić information content (AvgIpc) is 3.27. The van der Waals surface area contributed by atoms with E-state index in [9.17, 15) is 4.79 Å². The number of morpholine rings is 1. The number of carbonyl (C=O) groups excluding carboxylic acids is 1. The van der Waals surface area contributed by atoms with E-state index in [2.05, 4.69) is 35.0 Å². The van der Waals surface area contributed by atoms with Gasteiger partial charge in [0.15, 0.2) is 0 Å². The zero-order valence-electron chi connectivity index (χ0n) is 14.9. The van der Waals surface area contributed by atoms with Gasteiger partial charge in [-0.2, -0.15) is 5.10 Å². The number of ether oxygens (including phenoxy) is 1. The van der Waals surface area contributed by atoms with Crippen molar-refractivity contribution in [1.82, 2.24) is 15.2 Å². The number of aryl methyl sites for hydroxylation is 1. The molecule has 0 bridgehead atoms. The van der Waals surface area contributed by atoms with Gasteiger partial charge >= 0.3 is 0 Å². The van der Waals surface area contributed by atoms with Crippen molar-refractivity contribution < 1.29 is 9.53 Å². The number of H-pyrrole nitrogens is 1. The summed E-state index contributed by atoms with van der Waals surface area (Å²) in [6.45, 7) is 6.28. The van der Waals surface area contributed by atoms with Crippen molar-refractivity contribution in [2.75, 3.05) is 24.7 Å². The SMILES string of the molecule is CCc1cc2c(C(N)=O)cc(N3CCOC[C@H]3C)nc2p1-c1ccn[nH]1. The molecule has 1 fully saturated rings. The van der Waals surface area contributed by atoms with Crippen LogP contribution in [0.2, 0.25) is 0 Å². The van der Waals surface area contributed by atoms with Crippen molar-refractivity contribution in [2.24, 2.45) is 5.73 Å². The third kappa shape index (κ3) is 2.77. The van der Waals surface area contributed by atoms with Crippen LogP contribution in [-0.4, -0.2) is 46.9 Å². The molecule has 3 aromatic heterocycles. The van der Waals surface area contributed by atoms with E-state index in [4.69, 9.17) is 15.5 Å². The molecule has 1 aliphatic heterocycles. The number of nitrogens with zero attached hydrogens (tertiary/aromatic N) is 3. The van der Waals surface area contributed by atoms with Crippen molar-refractivity contribution >= 4 is 29.9 Å². The van der Waals surface area contributed by atoms with Crippen LogP contribution in [0, 0.1) is 0 Å². The number of rotatable bonds is 4. The third-order valence-electron chi connectivity index (χ3n) is 4.85. The maximum atomic E-state index is 12.2. The molecule has 4 heterocycles. The molecular weight excluding hydrogens is 349 g/mol. The van der Waals surface area contributed by atoms with E-state index < -0.39 is 13.4 Å². The number of anilines is 1. The summed E-state index contributed by atoms with van der Waals surface area (Å²) in [5.74, 6) is 0.380. The Morgan fingerprint density at radius 2 is 2.35 bits per heavy atom. The minimum Gasteiger partial charge on any atom is -0.377 e. The average molecular weight is 371 g/mol. The Kier molecular flexibility index (Phi) is 4.42. The maximum Gasteiger partial charge on any atom is 0.249 e. The van der Waals surface area contributed by atoms with Gasteiger partial charge in [-0.1, -0.05) is 6.92 Å². The van der Waals surface area contributed by atoms with Gasteiger partial charge in [0.05, 0.1) is 35.5 Å². The fourth-order valence-electron chi connectivity index (χ4n) is 3.53. The molecule has 1 unspecified atom stereocenters. The number of carbonyl (C=O) groups is 1. The second-order valence-corrected chi connectivity index (χ2v) is 8.66. The van der Waals surface area contributed by atoms with Crippen molar-refractivity contribution in [1.29, 1.82) is 0 Å². The lowest BCUT2D eigenvalue weighted by atomic mass is 10.1. The molecule has 0 aromatic carbocycles. The molecular formula is C18H22N5O2P. The molecule has 4 rings (SSSR count). The Hall–Kier alpha value is -2.37. The molecule has 3 aromatic rings. The normalized spacial score (nSPS) is 18.5. The van der Waals surface area contributed by atoms with E-state index in [0.29, 0.717) is 18.8 Å². The summed E-state index contributed by atoms with van der Waals surface area (Å²) in [5.41, 5.74) is 7.30. The number of primary amides is 1. The van der Waals surface area contributed by atoms with Gasteiger partial charge in [0, 0.05) is 18.1 Å². The smallest absolute Gasteiger partial charge is 0.249 e. The van der Waals surface area contributed by atoms with E-state index in [0.717, 1.165) is 34.9 Å². The van der Waals surface area contributed by atoms with Crippen LogP contribution in [0.3, 0.4) is 0 Å². The lowest BCUT2D eigenvalue weighted by molar-refractivity contribution is 0.0984. The van der Waals surface area contributed by atoms with E-state index in [1.807, 2.05) is 12.1 Å². The summed E-state index contributed by atoms with van der Waals surface area (Å²) in [5, 5.41) is 10.3. The van der Waals surface area contributed by atoms with Gasteiger partial charge in [-0.15, -0.1) is 0 Å². The van der Waals surface area contributed by atoms with E-state index in [-0.39, 0.29) is 6.04 Å².